The minimum atomic E-state index is -1.42. The van der Waals surface area contributed by atoms with Gasteiger partial charge in [0.15, 0.2) is 0 Å². The number of hydrogen-bond acceptors (Lipinski definition) is 8. The summed E-state index contributed by atoms with van der Waals surface area (Å²) in [6.45, 7) is -0.735. The van der Waals surface area contributed by atoms with Gasteiger partial charge >= 0.3 is 5.97 Å². The van der Waals surface area contributed by atoms with E-state index in [1.165, 1.54) is 43.3 Å². The first-order chi connectivity index (χ1) is 19.4. The van der Waals surface area contributed by atoms with Gasteiger partial charge in [-0.25, -0.2) is 0 Å². The van der Waals surface area contributed by atoms with E-state index in [0.29, 0.717) is 0 Å². The number of aldehydes is 1. The van der Waals surface area contributed by atoms with Gasteiger partial charge in [0.05, 0.1) is 41.1 Å². The van der Waals surface area contributed by atoms with Crippen molar-refractivity contribution in [2.24, 2.45) is 0 Å². The molecule has 0 saturated carbocycles. The summed E-state index contributed by atoms with van der Waals surface area (Å²) in [7, 11) is 0. The van der Waals surface area contributed by atoms with E-state index < -0.39 is 67.8 Å². The number of aliphatic carboxylic acids is 1. The van der Waals surface area contributed by atoms with Crippen molar-refractivity contribution in [2.75, 3.05) is 34.8 Å². The number of rotatable bonds is 10. The Morgan fingerprint density at radius 1 is 1.12 bits per heavy atom. The predicted octanol–water partition coefficient (Wildman–Crippen LogP) is -0.0727. The maximum absolute atomic E-state index is 13.7. The Kier molecular flexibility index (Phi) is 10.1. The van der Waals surface area contributed by atoms with Crippen LogP contribution >= 0.6 is 11.6 Å². The number of carboxylic acid groups (broad SMARTS) is 1. The first-order valence-electron chi connectivity index (χ1n) is 12.1. The van der Waals surface area contributed by atoms with Gasteiger partial charge in [-0.15, -0.1) is 0 Å². The lowest BCUT2D eigenvalue weighted by atomic mass is 10.1. The fourth-order valence-corrected chi connectivity index (χ4v) is 4.31. The van der Waals surface area contributed by atoms with E-state index in [0.717, 1.165) is 9.80 Å². The number of halogens is 1. The fourth-order valence-electron chi connectivity index (χ4n) is 4.08. The van der Waals surface area contributed by atoms with Crippen LogP contribution in [0.3, 0.4) is 0 Å². The van der Waals surface area contributed by atoms with E-state index in [-0.39, 0.29) is 39.8 Å². The third kappa shape index (κ3) is 7.64. The summed E-state index contributed by atoms with van der Waals surface area (Å²) in [6, 6.07) is 7.25. The molecule has 0 spiro atoms. The minimum absolute atomic E-state index is 0.0190. The Balaban J connectivity index is 1.95. The summed E-state index contributed by atoms with van der Waals surface area (Å²) < 4.78 is 0. The van der Waals surface area contributed by atoms with Crippen molar-refractivity contribution >= 4 is 70.5 Å². The van der Waals surface area contributed by atoms with Crippen LogP contribution in [-0.4, -0.2) is 83.8 Å². The van der Waals surface area contributed by atoms with Crippen LogP contribution in [0.4, 0.5) is 17.1 Å². The molecule has 1 aliphatic heterocycles. The number of aliphatic hydroxyl groups excluding tert-OH is 1. The van der Waals surface area contributed by atoms with Gasteiger partial charge in [0.1, 0.15) is 25.5 Å². The van der Waals surface area contributed by atoms with Crippen LogP contribution in [0.1, 0.15) is 23.7 Å². The van der Waals surface area contributed by atoms with Crippen LogP contribution in [-0.2, 0) is 28.8 Å². The molecule has 2 unspecified atom stereocenters. The van der Waals surface area contributed by atoms with Gasteiger partial charge in [0, 0.05) is 12.5 Å². The molecule has 0 fully saturated rings. The Bertz CT molecular complexity index is 1400. The molecule has 41 heavy (non-hydrogen) atoms. The van der Waals surface area contributed by atoms with Crippen LogP contribution in [0.2, 0.25) is 5.02 Å². The number of nitrogens with one attached hydrogen (secondary N) is 3. The minimum Gasteiger partial charge on any atom is -0.481 e. The molecule has 5 amide bonds. The van der Waals surface area contributed by atoms with E-state index >= 15 is 0 Å². The van der Waals surface area contributed by atoms with Crippen molar-refractivity contribution in [3.63, 3.8) is 0 Å². The number of benzene rings is 2. The number of carboxylic acids is 1. The molecule has 15 heteroatoms. The summed E-state index contributed by atoms with van der Waals surface area (Å²) in [4.78, 5) is 88.0. The molecule has 1 heterocycles. The lowest BCUT2D eigenvalue weighted by molar-refractivity contribution is -0.139. The molecular formula is C26H26ClN5O9. The summed E-state index contributed by atoms with van der Waals surface area (Å²) >= 11 is 6.17. The number of aliphatic hydroxyl groups is 1. The number of carbonyl (C=O) groups is 7. The summed E-state index contributed by atoms with van der Waals surface area (Å²) in [5, 5.41) is 25.8. The smallest absolute Gasteiger partial charge is 0.305 e. The molecule has 3 rings (SSSR count). The van der Waals surface area contributed by atoms with Gasteiger partial charge < -0.3 is 35.9 Å². The van der Waals surface area contributed by atoms with Crippen molar-refractivity contribution in [2.45, 2.75) is 25.4 Å². The molecule has 0 saturated heterocycles. The van der Waals surface area contributed by atoms with Crippen LogP contribution < -0.4 is 25.8 Å². The third-order valence-corrected chi connectivity index (χ3v) is 6.20. The predicted molar refractivity (Wildman–Crippen MR) is 145 cm³/mol. The maximum atomic E-state index is 13.7. The molecule has 0 bridgehead atoms. The van der Waals surface area contributed by atoms with Crippen LogP contribution in [0, 0.1) is 0 Å². The molecule has 0 aromatic heterocycles. The Morgan fingerprint density at radius 2 is 1.80 bits per heavy atom. The second-order valence-corrected chi connectivity index (χ2v) is 9.29. The average Bonchev–Trinajstić information content (AvgIpc) is 3.03. The van der Waals surface area contributed by atoms with Crippen molar-refractivity contribution in [3.05, 3.63) is 53.1 Å². The first-order valence-corrected chi connectivity index (χ1v) is 12.5. The lowest BCUT2D eigenvalue weighted by Gasteiger charge is -2.25. The Hall–Kier alpha value is -4.82. The molecule has 0 radical (unpaired) electrons. The zero-order valence-corrected chi connectivity index (χ0v) is 22.4. The number of fused-ring (bicyclic) bond motifs is 1. The molecule has 14 nitrogen and oxygen atoms in total. The van der Waals surface area contributed by atoms with Crippen molar-refractivity contribution in [3.8, 4) is 0 Å². The van der Waals surface area contributed by atoms with Crippen molar-refractivity contribution < 1.29 is 43.8 Å². The second kappa shape index (κ2) is 13.5. The molecule has 0 aliphatic carbocycles. The Labute approximate surface area is 238 Å². The van der Waals surface area contributed by atoms with Gasteiger partial charge in [0.25, 0.3) is 17.7 Å². The molecule has 2 atom stereocenters. The summed E-state index contributed by atoms with van der Waals surface area (Å²) in [6.07, 6.45) is -0.433. The van der Waals surface area contributed by atoms with Gasteiger partial charge in [-0.2, -0.15) is 0 Å². The Morgan fingerprint density at radius 3 is 2.39 bits per heavy atom. The molecule has 2 aromatic carbocycles. The van der Waals surface area contributed by atoms with E-state index in [1.807, 2.05) is 0 Å². The molecule has 2 aromatic rings. The van der Waals surface area contributed by atoms with Crippen molar-refractivity contribution in [1.82, 2.24) is 10.6 Å². The first kappa shape index (κ1) is 30.7. The fraction of sp³-hybridized carbons (Fsp3) is 0.269. The standard InChI is InChI=1S/C26H26ClN5O9/c1-14(35)28-18-7-6-15(8-17(18)27)25(40)30-19-10-31(23(37)13-34)20-4-2-3-5-21(20)32(26(19)41)11-22(36)29-16(12-33)9-24(38)39/h2-8,12,16,19,34H,9-11,13H2,1H3,(H,28,35)(H,29,36)(H,30,40)(H,38,39). The number of carbonyl (C=O) groups excluding carboxylic acids is 6. The SMILES string of the molecule is CC(=O)Nc1ccc(C(=O)NC2CN(C(=O)CO)c3ccccc3N(CC(=O)NC(C=O)CC(=O)O)C2=O)cc1Cl. The zero-order chi connectivity index (χ0) is 30.3. The van der Waals surface area contributed by atoms with Gasteiger partial charge in [-0.3, -0.25) is 33.7 Å². The van der Waals surface area contributed by atoms with Crippen LogP contribution in [0.25, 0.3) is 0 Å². The highest BCUT2D eigenvalue weighted by molar-refractivity contribution is 6.34. The summed E-state index contributed by atoms with van der Waals surface area (Å²) in [5.41, 5.74) is 0.523. The van der Waals surface area contributed by atoms with Gasteiger partial charge in [-0.05, 0) is 30.3 Å². The van der Waals surface area contributed by atoms with Crippen molar-refractivity contribution in [1.29, 1.82) is 0 Å². The topological polar surface area (TPSA) is 203 Å². The third-order valence-electron chi connectivity index (χ3n) is 5.88. The normalized spacial score (nSPS) is 15.2. The number of anilines is 3. The van der Waals surface area contributed by atoms with Crippen LogP contribution in [0.15, 0.2) is 42.5 Å². The monoisotopic (exact) mass is 587 g/mol. The van der Waals surface area contributed by atoms with Gasteiger partial charge in [-0.1, -0.05) is 23.7 Å². The number of para-hydroxylation sites is 2. The average molecular weight is 588 g/mol. The highest BCUT2D eigenvalue weighted by Gasteiger charge is 2.37. The molecular weight excluding hydrogens is 562 g/mol. The van der Waals surface area contributed by atoms with E-state index in [2.05, 4.69) is 16.0 Å². The van der Waals surface area contributed by atoms with E-state index in [9.17, 15) is 38.7 Å². The highest BCUT2D eigenvalue weighted by atomic mass is 35.5. The number of nitrogens with zero attached hydrogens (tertiary/aromatic N) is 2. The number of amides is 5. The van der Waals surface area contributed by atoms with Gasteiger partial charge in [0.2, 0.25) is 11.8 Å². The molecule has 216 valence electrons. The largest absolute Gasteiger partial charge is 0.481 e. The lowest BCUT2D eigenvalue weighted by Crippen LogP contribution is -2.55. The van der Waals surface area contributed by atoms with E-state index in [1.54, 1.807) is 6.07 Å². The van der Waals surface area contributed by atoms with Crippen LogP contribution in [0.5, 0.6) is 0 Å². The molecule has 1 aliphatic rings. The summed E-state index contributed by atoms with van der Waals surface area (Å²) in [5.74, 6) is -4.96. The quantitative estimate of drug-likeness (QED) is 0.236. The zero-order valence-electron chi connectivity index (χ0n) is 21.6. The number of hydrogen-bond donors (Lipinski definition) is 5. The molecule has 5 N–H and O–H groups in total. The van der Waals surface area contributed by atoms with E-state index in [4.69, 9.17) is 16.7 Å². The second-order valence-electron chi connectivity index (χ2n) is 8.89. The highest BCUT2D eigenvalue weighted by Crippen LogP contribution is 2.33. The maximum Gasteiger partial charge on any atom is 0.305 e.